The van der Waals surface area contributed by atoms with E-state index < -0.39 is 0 Å². The summed E-state index contributed by atoms with van der Waals surface area (Å²) in [6, 6.07) is 10.5. The molecule has 0 aliphatic rings. The number of nitrogens with zero attached hydrogens (tertiary/aromatic N) is 1. The van der Waals surface area contributed by atoms with Crippen LogP contribution in [-0.2, 0) is 11.2 Å². The van der Waals surface area contributed by atoms with E-state index in [4.69, 9.17) is 0 Å². The molecule has 0 aromatic heterocycles. The minimum atomic E-state index is 0.273. The third-order valence-corrected chi connectivity index (χ3v) is 2.69. The summed E-state index contributed by atoms with van der Waals surface area (Å²) in [4.78, 5) is 13.0. The molecule has 0 unspecified atom stereocenters. The minimum Gasteiger partial charge on any atom is -0.306 e. The van der Waals surface area contributed by atoms with Gasteiger partial charge >= 0.3 is 0 Å². The van der Waals surface area contributed by atoms with Gasteiger partial charge in [-0.3, -0.25) is 4.79 Å². The van der Waals surface area contributed by atoms with Crippen LogP contribution < -0.4 is 0 Å². The maximum Gasteiger partial charge on any atom is 0.131 e. The molecule has 0 atom stereocenters. The van der Waals surface area contributed by atoms with Gasteiger partial charge in [0.25, 0.3) is 0 Å². The van der Waals surface area contributed by atoms with Crippen LogP contribution in [0.25, 0.3) is 0 Å². The van der Waals surface area contributed by atoms with Gasteiger partial charge in [0.2, 0.25) is 0 Å². The van der Waals surface area contributed by atoms with E-state index in [1.807, 2.05) is 6.07 Å². The molecule has 2 nitrogen and oxygen atoms in total. The van der Waals surface area contributed by atoms with Crippen molar-refractivity contribution in [3.05, 3.63) is 35.9 Å². The molecular formula is C14H21NO. The minimum absolute atomic E-state index is 0.273. The number of aryl methyl sites for hydroxylation is 1. The van der Waals surface area contributed by atoms with Crippen LogP contribution in [0.4, 0.5) is 0 Å². The Morgan fingerprint density at radius 1 is 1.19 bits per heavy atom. The average molecular weight is 219 g/mol. The van der Waals surface area contributed by atoms with Crippen LogP contribution in [0, 0.1) is 0 Å². The van der Waals surface area contributed by atoms with Crippen molar-refractivity contribution in [3.63, 3.8) is 0 Å². The van der Waals surface area contributed by atoms with E-state index in [1.54, 1.807) is 6.92 Å². The normalized spacial score (nSPS) is 10.7. The van der Waals surface area contributed by atoms with E-state index in [0.717, 1.165) is 25.9 Å². The monoisotopic (exact) mass is 219 g/mol. The van der Waals surface area contributed by atoms with Crippen LogP contribution in [-0.4, -0.2) is 30.8 Å². The Labute approximate surface area is 98.3 Å². The number of carbonyl (C=O) groups excluding carboxylic acids is 1. The second-order valence-electron chi connectivity index (χ2n) is 4.34. The molecule has 88 valence electrons. The predicted octanol–water partition coefficient (Wildman–Crippen LogP) is 2.53. The van der Waals surface area contributed by atoms with Gasteiger partial charge < -0.3 is 4.90 Å². The van der Waals surface area contributed by atoms with E-state index in [-0.39, 0.29) is 5.78 Å². The number of hydrogen-bond donors (Lipinski definition) is 0. The van der Waals surface area contributed by atoms with Crippen LogP contribution in [0.2, 0.25) is 0 Å². The topological polar surface area (TPSA) is 20.3 Å². The first-order valence-corrected chi connectivity index (χ1v) is 5.90. The summed E-state index contributed by atoms with van der Waals surface area (Å²) in [5.41, 5.74) is 1.39. The van der Waals surface area contributed by atoms with Crippen molar-refractivity contribution in [1.82, 2.24) is 4.90 Å². The Morgan fingerprint density at radius 2 is 1.88 bits per heavy atom. The summed E-state index contributed by atoms with van der Waals surface area (Å²) in [6.07, 6.45) is 2.94. The fourth-order valence-corrected chi connectivity index (χ4v) is 1.66. The Kier molecular flexibility index (Phi) is 5.79. The van der Waals surface area contributed by atoms with Gasteiger partial charge in [0.05, 0.1) is 0 Å². The fraction of sp³-hybridized carbons (Fsp3) is 0.500. The largest absolute Gasteiger partial charge is 0.306 e. The molecule has 0 saturated heterocycles. The highest BCUT2D eigenvalue weighted by Gasteiger charge is 2.00. The molecule has 1 rings (SSSR count). The van der Waals surface area contributed by atoms with Gasteiger partial charge in [-0.1, -0.05) is 30.3 Å². The average Bonchev–Trinajstić information content (AvgIpc) is 2.28. The molecule has 0 N–H and O–H groups in total. The molecule has 1 aromatic carbocycles. The quantitative estimate of drug-likeness (QED) is 0.702. The second kappa shape index (κ2) is 7.18. The molecule has 0 aliphatic heterocycles. The lowest BCUT2D eigenvalue weighted by molar-refractivity contribution is -0.117. The van der Waals surface area contributed by atoms with Crippen LogP contribution in [0.5, 0.6) is 0 Å². The number of carbonyl (C=O) groups is 1. The van der Waals surface area contributed by atoms with Gasteiger partial charge in [0, 0.05) is 13.0 Å². The van der Waals surface area contributed by atoms with E-state index in [0.29, 0.717) is 6.42 Å². The highest BCUT2D eigenvalue weighted by atomic mass is 16.1. The van der Waals surface area contributed by atoms with Crippen molar-refractivity contribution in [2.75, 3.05) is 20.1 Å². The number of Topliss-reactive ketones (excluding diaryl/α,β-unsaturated/α-hetero) is 1. The lowest BCUT2D eigenvalue weighted by Crippen LogP contribution is -2.22. The smallest absolute Gasteiger partial charge is 0.131 e. The zero-order chi connectivity index (χ0) is 11.8. The first-order valence-electron chi connectivity index (χ1n) is 5.90. The van der Waals surface area contributed by atoms with Crippen LogP contribution in [0.15, 0.2) is 30.3 Å². The van der Waals surface area contributed by atoms with Crippen molar-refractivity contribution in [3.8, 4) is 0 Å². The molecule has 0 fully saturated rings. The Hall–Kier alpha value is -1.15. The van der Waals surface area contributed by atoms with E-state index in [9.17, 15) is 4.79 Å². The van der Waals surface area contributed by atoms with Crippen molar-refractivity contribution in [2.45, 2.75) is 26.2 Å². The van der Waals surface area contributed by atoms with E-state index in [1.165, 1.54) is 5.56 Å². The van der Waals surface area contributed by atoms with E-state index >= 15 is 0 Å². The first kappa shape index (κ1) is 12.9. The van der Waals surface area contributed by atoms with Crippen molar-refractivity contribution in [1.29, 1.82) is 0 Å². The van der Waals surface area contributed by atoms with Gasteiger partial charge in [-0.15, -0.1) is 0 Å². The predicted molar refractivity (Wildman–Crippen MR) is 67.6 cm³/mol. The molecule has 0 amide bonds. The number of hydrogen-bond acceptors (Lipinski definition) is 2. The Morgan fingerprint density at radius 3 is 2.50 bits per heavy atom. The summed E-state index contributed by atoms with van der Waals surface area (Å²) < 4.78 is 0. The van der Waals surface area contributed by atoms with Gasteiger partial charge in [-0.05, 0) is 38.9 Å². The maximum absolute atomic E-state index is 10.8. The van der Waals surface area contributed by atoms with Gasteiger partial charge in [0.1, 0.15) is 5.78 Å². The summed E-state index contributed by atoms with van der Waals surface area (Å²) in [5, 5.41) is 0. The number of benzene rings is 1. The summed E-state index contributed by atoms with van der Waals surface area (Å²) in [7, 11) is 2.08. The lowest BCUT2D eigenvalue weighted by Gasteiger charge is -2.15. The van der Waals surface area contributed by atoms with Crippen molar-refractivity contribution < 1.29 is 4.79 Å². The summed E-state index contributed by atoms with van der Waals surface area (Å²) >= 11 is 0. The van der Waals surface area contributed by atoms with Gasteiger partial charge in [-0.2, -0.15) is 0 Å². The molecule has 2 heteroatoms. The second-order valence-corrected chi connectivity index (χ2v) is 4.34. The highest BCUT2D eigenvalue weighted by molar-refractivity contribution is 5.75. The fourth-order valence-electron chi connectivity index (χ4n) is 1.66. The lowest BCUT2D eigenvalue weighted by atomic mass is 10.1. The Bertz CT molecular complexity index is 308. The standard InChI is InChI=1S/C14H21NO/c1-13(16)10-12-15(2)11-6-9-14-7-4-3-5-8-14/h3-5,7-8H,6,9-12H2,1-2H3. The SMILES string of the molecule is CC(=O)CCN(C)CCCc1ccccc1. The Balaban J connectivity index is 2.13. The molecule has 16 heavy (non-hydrogen) atoms. The molecule has 0 bridgehead atoms. The van der Waals surface area contributed by atoms with Crippen LogP contribution >= 0.6 is 0 Å². The first-order chi connectivity index (χ1) is 7.68. The molecule has 0 radical (unpaired) electrons. The highest BCUT2D eigenvalue weighted by Crippen LogP contribution is 2.03. The molecule has 0 spiro atoms. The van der Waals surface area contributed by atoms with Gasteiger partial charge in [0.15, 0.2) is 0 Å². The third-order valence-electron chi connectivity index (χ3n) is 2.69. The summed E-state index contributed by atoms with van der Waals surface area (Å²) in [6.45, 7) is 3.59. The zero-order valence-corrected chi connectivity index (χ0v) is 10.3. The molecule has 1 aromatic rings. The molecule has 0 aliphatic carbocycles. The van der Waals surface area contributed by atoms with Crippen molar-refractivity contribution in [2.24, 2.45) is 0 Å². The van der Waals surface area contributed by atoms with Crippen LogP contribution in [0.1, 0.15) is 25.3 Å². The maximum atomic E-state index is 10.8. The molecule has 0 heterocycles. The van der Waals surface area contributed by atoms with Gasteiger partial charge in [-0.25, -0.2) is 0 Å². The van der Waals surface area contributed by atoms with E-state index in [2.05, 4.69) is 36.2 Å². The number of ketones is 1. The number of rotatable bonds is 7. The summed E-state index contributed by atoms with van der Waals surface area (Å²) in [5.74, 6) is 0.273. The molecule has 0 saturated carbocycles. The third kappa shape index (κ3) is 5.66. The zero-order valence-electron chi connectivity index (χ0n) is 10.3. The van der Waals surface area contributed by atoms with Crippen molar-refractivity contribution >= 4 is 5.78 Å². The molecular weight excluding hydrogens is 198 g/mol. The van der Waals surface area contributed by atoms with Crippen LogP contribution in [0.3, 0.4) is 0 Å².